The van der Waals surface area contributed by atoms with Crippen LogP contribution < -0.4 is 5.73 Å². The molecule has 6 heteroatoms. The quantitative estimate of drug-likeness (QED) is 0.723. The molecule has 0 aliphatic carbocycles. The van der Waals surface area contributed by atoms with Crippen molar-refractivity contribution in [1.29, 1.82) is 0 Å². The number of primary amides is 1. The van der Waals surface area contributed by atoms with Gasteiger partial charge in [-0.3, -0.25) is 4.79 Å². The Balaban J connectivity index is 3.18. The summed E-state index contributed by atoms with van der Waals surface area (Å²) < 4.78 is 13.5. The zero-order chi connectivity index (χ0) is 12.3. The molecule has 0 heterocycles. The van der Waals surface area contributed by atoms with Gasteiger partial charge < -0.3 is 15.9 Å². The maximum absolute atomic E-state index is 13.5. The number of rotatable bonds is 4. The van der Waals surface area contributed by atoms with Crippen molar-refractivity contribution in [3.05, 3.63) is 34.1 Å². The van der Waals surface area contributed by atoms with E-state index in [0.29, 0.717) is 0 Å². The van der Waals surface area contributed by atoms with E-state index in [2.05, 4.69) is 0 Å². The zero-order valence-corrected chi connectivity index (χ0v) is 9.04. The van der Waals surface area contributed by atoms with Crippen LogP contribution in [0.5, 0.6) is 0 Å². The average Bonchev–Trinajstić information content (AvgIpc) is 2.23. The number of hydrogen-bond acceptors (Lipinski definition) is 3. The molecule has 0 aliphatic rings. The van der Waals surface area contributed by atoms with Crippen LogP contribution in [0.2, 0.25) is 5.02 Å². The van der Waals surface area contributed by atoms with Gasteiger partial charge in [0.2, 0.25) is 0 Å². The molecule has 0 saturated heterocycles. The van der Waals surface area contributed by atoms with Crippen molar-refractivity contribution in [3.8, 4) is 0 Å². The van der Waals surface area contributed by atoms with Crippen LogP contribution in [-0.2, 0) is 6.42 Å². The van der Waals surface area contributed by atoms with Crippen molar-refractivity contribution in [1.82, 2.24) is 0 Å². The third kappa shape index (κ3) is 2.69. The molecule has 88 valence electrons. The van der Waals surface area contributed by atoms with E-state index in [1.807, 2.05) is 0 Å². The summed E-state index contributed by atoms with van der Waals surface area (Å²) in [7, 11) is 0. The SMILES string of the molecule is NC(=O)c1c(C[C@H](O)CO)ccc(Cl)c1F. The molecule has 0 unspecified atom stereocenters. The Labute approximate surface area is 96.4 Å². The van der Waals surface area contributed by atoms with Crippen molar-refractivity contribution in [2.75, 3.05) is 6.61 Å². The Bertz CT molecular complexity index is 411. The number of carbonyl (C=O) groups excluding carboxylic acids is 1. The van der Waals surface area contributed by atoms with Gasteiger partial charge in [-0.25, -0.2) is 4.39 Å². The second-order valence-corrected chi connectivity index (χ2v) is 3.71. The molecule has 0 spiro atoms. The standard InChI is InChI=1S/C10H11ClFNO3/c11-7-2-1-5(3-6(15)4-14)8(9(7)12)10(13)16/h1-2,6,14-15H,3-4H2,(H2,13,16)/t6-/m0/s1. The fraction of sp³-hybridized carbons (Fsp3) is 0.300. The molecule has 16 heavy (non-hydrogen) atoms. The molecule has 0 aromatic heterocycles. The highest BCUT2D eigenvalue weighted by atomic mass is 35.5. The number of nitrogens with two attached hydrogens (primary N) is 1. The van der Waals surface area contributed by atoms with Gasteiger partial charge in [0.15, 0.2) is 5.82 Å². The minimum atomic E-state index is -1.07. The molecule has 1 amide bonds. The smallest absolute Gasteiger partial charge is 0.252 e. The first-order valence-electron chi connectivity index (χ1n) is 4.53. The van der Waals surface area contributed by atoms with Gasteiger partial charge in [0, 0.05) is 6.42 Å². The fourth-order valence-corrected chi connectivity index (χ4v) is 1.50. The molecular weight excluding hydrogens is 237 g/mol. The lowest BCUT2D eigenvalue weighted by Gasteiger charge is -2.11. The van der Waals surface area contributed by atoms with Crippen LogP contribution >= 0.6 is 11.6 Å². The molecule has 4 N–H and O–H groups in total. The van der Waals surface area contributed by atoms with Crippen LogP contribution in [0, 0.1) is 5.82 Å². The van der Waals surface area contributed by atoms with E-state index in [4.69, 9.17) is 22.4 Å². The van der Waals surface area contributed by atoms with E-state index >= 15 is 0 Å². The molecule has 1 aromatic rings. The molecule has 1 rings (SSSR count). The minimum absolute atomic E-state index is 0.0666. The molecule has 1 aromatic carbocycles. The predicted octanol–water partition coefficient (Wildman–Crippen LogP) is 0.474. The fourth-order valence-electron chi connectivity index (χ4n) is 1.35. The number of aliphatic hydroxyl groups excluding tert-OH is 2. The molecule has 0 saturated carbocycles. The summed E-state index contributed by atoms with van der Waals surface area (Å²) in [5.41, 5.74) is 4.89. The summed E-state index contributed by atoms with van der Waals surface area (Å²) in [6.07, 6.45) is -1.14. The summed E-state index contributed by atoms with van der Waals surface area (Å²) in [5, 5.41) is 17.7. The first-order valence-corrected chi connectivity index (χ1v) is 4.90. The monoisotopic (exact) mass is 247 g/mol. The highest BCUT2D eigenvalue weighted by Gasteiger charge is 2.18. The van der Waals surface area contributed by atoms with E-state index in [-0.39, 0.29) is 22.6 Å². The molecule has 0 fully saturated rings. The number of hydrogen-bond donors (Lipinski definition) is 3. The van der Waals surface area contributed by atoms with Crippen LogP contribution in [0.1, 0.15) is 15.9 Å². The topological polar surface area (TPSA) is 83.6 Å². The lowest BCUT2D eigenvalue weighted by molar-refractivity contribution is 0.0937. The highest BCUT2D eigenvalue weighted by molar-refractivity contribution is 6.31. The van der Waals surface area contributed by atoms with Crippen LogP contribution in [-0.4, -0.2) is 28.8 Å². The van der Waals surface area contributed by atoms with Crippen molar-refractivity contribution in [2.24, 2.45) is 5.73 Å². The Morgan fingerprint density at radius 2 is 2.19 bits per heavy atom. The van der Waals surface area contributed by atoms with Gasteiger partial charge in [0.25, 0.3) is 5.91 Å². The van der Waals surface area contributed by atoms with Crippen LogP contribution in [0.25, 0.3) is 0 Å². The van der Waals surface area contributed by atoms with Gasteiger partial charge in [-0.15, -0.1) is 0 Å². The third-order valence-electron chi connectivity index (χ3n) is 2.09. The average molecular weight is 248 g/mol. The Morgan fingerprint density at radius 3 is 2.69 bits per heavy atom. The summed E-state index contributed by atoms with van der Waals surface area (Å²) in [4.78, 5) is 11.0. The van der Waals surface area contributed by atoms with Crippen LogP contribution in [0.3, 0.4) is 0 Å². The Hall–Kier alpha value is -1.17. The number of amides is 1. The molecular formula is C10H11ClFNO3. The summed E-state index contributed by atoms with van der Waals surface area (Å²) in [6, 6.07) is 2.66. The van der Waals surface area contributed by atoms with Gasteiger partial charge in [0.05, 0.1) is 23.3 Å². The van der Waals surface area contributed by atoms with Crippen molar-refractivity contribution in [3.63, 3.8) is 0 Å². The molecule has 1 atom stereocenters. The van der Waals surface area contributed by atoms with E-state index in [9.17, 15) is 14.3 Å². The number of halogens is 2. The third-order valence-corrected chi connectivity index (χ3v) is 2.39. The van der Waals surface area contributed by atoms with E-state index in [0.717, 1.165) is 0 Å². The van der Waals surface area contributed by atoms with Gasteiger partial charge in [-0.05, 0) is 11.6 Å². The Morgan fingerprint density at radius 1 is 1.56 bits per heavy atom. The first kappa shape index (κ1) is 12.9. The highest BCUT2D eigenvalue weighted by Crippen LogP contribution is 2.22. The molecule has 0 aliphatic heterocycles. The number of carbonyl (C=O) groups is 1. The molecule has 0 radical (unpaired) electrons. The van der Waals surface area contributed by atoms with E-state index in [1.54, 1.807) is 0 Å². The second kappa shape index (κ2) is 5.25. The van der Waals surface area contributed by atoms with Gasteiger partial charge in [-0.2, -0.15) is 0 Å². The lowest BCUT2D eigenvalue weighted by Crippen LogP contribution is -2.21. The van der Waals surface area contributed by atoms with Crippen LogP contribution in [0.15, 0.2) is 12.1 Å². The van der Waals surface area contributed by atoms with Crippen molar-refractivity contribution >= 4 is 17.5 Å². The summed E-state index contributed by atoms with van der Waals surface area (Å²) in [5.74, 6) is -1.86. The first-order chi connectivity index (χ1) is 7.47. The maximum atomic E-state index is 13.5. The maximum Gasteiger partial charge on any atom is 0.252 e. The number of aliphatic hydroxyl groups is 2. The van der Waals surface area contributed by atoms with Gasteiger partial charge in [-0.1, -0.05) is 17.7 Å². The van der Waals surface area contributed by atoms with Crippen LogP contribution in [0.4, 0.5) is 4.39 Å². The van der Waals surface area contributed by atoms with E-state index < -0.39 is 24.4 Å². The van der Waals surface area contributed by atoms with Crippen molar-refractivity contribution in [2.45, 2.75) is 12.5 Å². The second-order valence-electron chi connectivity index (χ2n) is 3.30. The summed E-state index contributed by atoms with van der Waals surface area (Å²) in [6.45, 7) is -0.484. The zero-order valence-electron chi connectivity index (χ0n) is 8.28. The van der Waals surface area contributed by atoms with E-state index in [1.165, 1.54) is 12.1 Å². The van der Waals surface area contributed by atoms with Crippen molar-refractivity contribution < 1.29 is 19.4 Å². The predicted molar refractivity (Wildman–Crippen MR) is 56.7 cm³/mol. The van der Waals surface area contributed by atoms with Gasteiger partial charge in [0.1, 0.15) is 0 Å². The normalized spacial score (nSPS) is 12.5. The number of benzene rings is 1. The lowest BCUT2D eigenvalue weighted by atomic mass is 10.0. The largest absolute Gasteiger partial charge is 0.394 e. The summed E-state index contributed by atoms with van der Waals surface area (Å²) >= 11 is 5.51. The van der Waals surface area contributed by atoms with Gasteiger partial charge >= 0.3 is 0 Å². The molecule has 0 bridgehead atoms. The molecule has 4 nitrogen and oxygen atoms in total. The minimum Gasteiger partial charge on any atom is -0.394 e. The Kier molecular flexibility index (Phi) is 4.23.